The van der Waals surface area contributed by atoms with Gasteiger partial charge in [0.15, 0.2) is 0 Å². The van der Waals surface area contributed by atoms with Gasteiger partial charge in [-0.25, -0.2) is 4.39 Å². The number of hydrogen-bond donors (Lipinski definition) is 0. The Morgan fingerprint density at radius 2 is 1.65 bits per heavy atom. The van der Waals surface area contributed by atoms with Gasteiger partial charge in [-0.05, 0) is 75.4 Å². The molecule has 0 aliphatic rings. The highest BCUT2D eigenvalue weighted by atomic mass is 19.1. The van der Waals surface area contributed by atoms with Crippen molar-refractivity contribution in [1.29, 1.82) is 0 Å². The molecule has 0 fully saturated rings. The molecular weight excluding hydrogens is 389 g/mol. The van der Waals surface area contributed by atoms with Crippen molar-refractivity contribution in [3.05, 3.63) is 76.2 Å². The zero-order valence-electron chi connectivity index (χ0n) is 19.4. The number of ether oxygens (including phenoxy) is 2. The second kappa shape index (κ2) is 9.95. The van der Waals surface area contributed by atoms with E-state index < -0.39 is 0 Å². The van der Waals surface area contributed by atoms with Crippen molar-refractivity contribution in [3.8, 4) is 22.8 Å². The van der Waals surface area contributed by atoms with Crippen LogP contribution in [0.3, 0.4) is 0 Å². The molecule has 0 spiro atoms. The molecule has 0 N–H and O–H groups in total. The molecule has 164 valence electrons. The highest BCUT2D eigenvalue weighted by Gasteiger charge is 2.18. The molecule has 0 saturated carbocycles. The first-order chi connectivity index (χ1) is 14.8. The lowest BCUT2D eigenvalue weighted by Gasteiger charge is -2.20. The van der Waals surface area contributed by atoms with Crippen LogP contribution < -0.4 is 9.47 Å². The van der Waals surface area contributed by atoms with Crippen molar-refractivity contribution in [1.82, 2.24) is 4.98 Å². The van der Waals surface area contributed by atoms with Crippen LogP contribution in [-0.2, 0) is 19.4 Å². The van der Waals surface area contributed by atoms with Crippen molar-refractivity contribution < 1.29 is 13.9 Å². The molecule has 0 amide bonds. The Labute approximate surface area is 185 Å². The number of halogens is 1. The van der Waals surface area contributed by atoms with Gasteiger partial charge >= 0.3 is 0 Å². The van der Waals surface area contributed by atoms with Gasteiger partial charge in [-0.1, -0.05) is 32.0 Å². The minimum atomic E-state index is -0.236. The Hall–Kier alpha value is -2.88. The van der Waals surface area contributed by atoms with Gasteiger partial charge < -0.3 is 9.47 Å². The van der Waals surface area contributed by atoms with Gasteiger partial charge in [0.1, 0.15) is 23.9 Å². The third kappa shape index (κ3) is 5.25. The van der Waals surface area contributed by atoms with E-state index in [9.17, 15) is 4.39 Å². The zero-order chi connectivity index (χ0) is 22.5. The van der Waals surface area contributed by atoms with Crippen molar-refractivity contribution in [2.75, 3.05) is 0 Å². The molecule has 4 heteroatoms. The average molecular weight is 422 g/mol. The summed E-state index contributed by atoms with van der Waals surface area (Å²) in [6, 6.07) is 13.3. The van der Waals surface area contributed by atoms with Gasteiger partial charge in [-0.3, -0.25) is 4.98 Å². The summed E-state index contributed by atoms with van der Waals surface area (Å²) in [5, 5.41) is 0. The second-order valence-electron chi connectivity index (χ2n) is 8.09. The molecule has 0 radical (unpaired) electrons. The number of aromatic nitrogens is 1. The SMILES string of the molecule is CCc1cccc(CC)c1-c1cc(OC(C)C)c(COc2ccc(F)c(C)c2)c(C)n1. The van der Waals surface area contributed by atoms with Gasteiger partial charge in [0, 0.05) is 17.3 Å². The Bertz CT molecular complexity index is 1040. The number of nitrogens with zero attached hydrogens (tertiary/aromatic N) is 1. The molecular formula is C27H32FNO2. The largest absolute Gasteiger partial charge is 0.490 e. The first kappa shape index (κ1) is 22.8. The fourth-order valence-corrected chi connectivity index (χ4v) is 3.77. The average Bonchev–Trinajstić information content (AvgIpc) is 2.74. The number of benzene rings is 2. The summed E-state index contributed by atoms with van der Waals surface area (Å²) in [5.74, 6) is 1.17. The topological polar surface area (TPSA) is 31.4 Å². The van der Waals surface area contributed by atoms with Crippen molar-refractivity contribution in [3.63, 3.8) is 0 Å². The molecule has 0 saturated heterocycles. The van der Waals surface area contributed by atoms with Crippen LogP contribution >= 0.6 is 0 Å². The standard InChI is InChI=1S/C27H32FNO2/c1-7-20-10-9-11-21(8-2)27(20)25-15-26(31-17(3)4)23(19(6)29-25)16-30-22-12-13-24(28)18(5)14-22/h9-15,17H,7-8,16H2,1-6H3. The number of rotatable bonds is 8. The first-order valence-corrected chi connectivity index (χ1v) is 11.0. The quantitative estimate of drug-likeness (QED) is 0.392. The Kier molecular flexibility index (Phi) is 7.32. The highest BCUT2D eigenvalue weighted by molar-refractivity contribution is 5.70. The van der Waals surface area contributed by atoms with Crippen molar-refractivity contribution >= 4 is 0 Å². The van der Waals surface area contributed by atoms with Crippen molar-refractivity contribution in [2.45, 2.75) is 67.1 Å². The van der Waals surface area contributed by atoms with Gasteiger partial charge in [0.2, 0.25) is 0 Å². The van der Waals surface area contributed by atoms with E-state index in [-0.39, 0.29) is 11.9 Å². The van der Waals surface area contributed by atoms with E-state index in [2.05, 4.69) is 32.0 Å². The molecule has 0 bridgehead atoms. The smallest absolute Gasteiger partial charge is 0.130 e. The molecule has 2 aromatic carbocycles. The third-order valence-electron chi connectivity index (χ3n) is 5.42. The molecule has 3 rings (SSSR count). The summed E-state index contributed by atoms with van der Waals surface area (Å²) < 4.78 is 25.7. The van der Waals surface area contributed by atoms with E-state index in [1.807, 2.05) is 26.8 Å². The van der Waals surface area contributed by atoms with Crippen LogP contribution in [0.15, 0.2) is 42.5 Å². The maximum absolute atomic E-state index is 13.6. The van der Waals surface area contributed by atoms with Crippen LogP contribution in [0.4, 0.5) is 4.39 Å². The van der Waals surface area contributed by atoms with Gasteiger partial charge in [-0.2, -0.15) is 0 Å². The predicted molar refractivity (Wildman–Crippen MR) is 124 cm³/mol. The Morgan fingerprint density at radius 3 is 2.23 bits per heavy atom. The van der Waals surface area contributed by atoms with E-state index in [0.29, 0.717) is 17.9 Å². The van der Waals surface area contributed by atoms with Gasteiger partial charge in [0.25, 0.3) is 0 Å². The van der Waals surface area contributed by atoms with E-state index in [1.165, 1.54) is 22.8 Å². The van der Waals surface area contributed by atoms with Gasteiger partial charge in [-0.15, -0.1) is 0 Å². The van der Waals surface area contributed by atoms with Crippen LogP contribution in [0.25, 0.3) is 11.3 Å². The molecule has 1 heterocycles. The summed E-state index contributed by atoms with van der Waals surface area (Å²) in [6.07, 6.45) is 1.91. The summed E-state index contributed by atoms with van der Waals surface area (Å²) >= 11 is 0. The highest BCUT2D eigenvalue weighted by Crippen LogP contribution is 2.34. The van der Waals surface area contributed by atoms with Crippen LogP contribution in [0.1, 0.15) is 55.6 Å². The molecule has 0 aliphatic carbocycles. The predicted octanol–water partition coefficient (Wildman–Crippen LogP) is 7.00. The number of hydrogen-bond acceptors (Lipinski definition) is 3. The zero-order valence-corrected chi connectivity index (χ0v) is 19.4. The maximum atomic E-state index is 13.6. The minimum absolute atomic E-state index is 0.0218. The maximum Gasteiger partial charge on any atom is 0.130 e. The molecule has 0 unspecified atom stereocenters. The Balaban J connectivity index is 2.03. The summed E-state index contributed by atoms with van der Waals surface area (Å²) in [4.78, 5) is 4.95. The first-order valence-electron chi connectivity index (χ1n) is 11.0. The monoisotopic (exact) mass is 421 g/mol. The molecule has 0 aliphatic heterocycles. The molecule has 3 aromatic rings. The Morgan fingerprint density at radius 1 is 0.968 bits per heavy atom. The molecule has 3 nitrogen and oxygen atoms in total. The fourth-order valence-electron chi connectivity index (χ4n) is 3.77. The van der Waals surface area contributed by atoms with Gasteiger partial charge in [0.05, 0.1) is 17.4 Å². The van der Waals surface area contributed by atoms with E-state index in [1.54, 1.807) is 19.1 Å². The molecule has 1 aromatic heterocycles. The van der Waals surface area contributed by atoms with E-state index >= 15 is 0 Å². The van der Waals surface area contributed by atoms with Crippen LogP contribution in [0, 0.1) is 19.7 Å². The van der Waals surface area contributed by atoms with Crippen molar-refractivity contribution in [2.24, 2.45) is 0 Å². The number of aryl methyl sites for hydroxylation is 4. The summed E-state index contributed by atoms with van der Waals surface area (Å²) in [6.45, 7) is 12.4. The third-order valence-corrected chi connectivity index (χ3v) is 5.42. The normalized spacial score (nSPS) is 11.1. The minimum Gasteiger partial charge on any atom is -0.490 e. The van der Waals surface area contributed by atoms with Crippen LogP contribution in [0.2, 0.25) is 0 Å². The summed E-state index contributed by atoms with van der Waals surface area (Å²) in [5.41, 5.74) is 7.05. The number of pyridine rings is 1. The van der Waals surface area contributed by atoms with E-state index in [0.717, 1.165) is 35.5 Å². The van der Waals surface area contributed by atoms with Crippen LogP contribution in [0.5, 0.6) is 11.5 Å². The second-order valence-corrected chi connectivity index (χ2v) is 8.09. The molecule has 0 atom stereocenters. The lowest BCUT2D eigenvalue weighted by molar-refractivity contribution is 0.229. The molecule has 31 heavy (non-hydrogen) atoms. The van der Waals surface area contributed by atoms with E-state index in [4.69, 9.17) is 14.5 Å². The van der Waals surface area contributed by atoms with Crippen LogP contribution in [-0.4, -0.2) is 11.1 Å². The fraction of sp³-hybridized carbons (Fsp3) is 0.370. The lowest BCUT2D eigenvalue weighted by Crippen LogP contribution is -2.11. The lowest BCUT2D eigenvalue weighted by atomic mass is 9.94. The summed E-state index contributed by atoms with van der Waals surface area (Å²) in [7, 11) is 0.